The van der Waals surface area contributed by atoms with Gasteiger partial charge in [0, 0.05) is 6.42 Å². The first-order valence-electron chi connectivity index (χ1n) is 12.6. The molecule has 0 aromatic heterocycles. The van der Waals surface area contributed by atoms with Crippen LogP contribution in [0.3, 0.4) is 0 Å². The molecule has 0 atom stereocenters. The van der Waals surface area contributed by atoms with Gasteiger partial charge in [0.2, 0.25) is 5.91 Å². The molecule has 0 saturated heterocycles. The Hall–Kier alpha value is -0.460. The average molecular weight is 466 g/mol. The standard InChI is InChI=1S/C23H48NO6P/c25-23(24-26)21-19-17-15-13-11-9-7-5-3-1-2-4-6-8-10-12-14-16-18-20-22-30-31(27,28)29/h26H,1-22H2,(H,24,25)(H2,27,28,29). The van der Waals surface area contributed by atoms with Crippen molar-refractivity contribution in [1.29, 1.82) is 0 Å². The SMILES string of the molecule is O=C(CCCCCCCCCCCCCCCCCCCCCCOP(=O)(O)O)NO. The van der Waals surface area contributed by atoms with Gasteiger partial charge in [0.15, 0.2) is 0 Å². The summed E-state index contributed by atoms with van der Waals surface area (Å²) in [5, 5.41) is 8.40. The summed E-state index contributed by atoms with van der Waals surface area (Å²) in [6, 6.07) is 0. The maximum absolute atomic E-state index is 10.9. The van der Waals surface area contributed by atoms with Crippen LogP contribution in [-0.2, 0) is 13.9 Å². The van der Waals surface area contributed by atoms with Crippen molar-refractivity contribution in [3.63, 3.8) is 0 Å². The maximum Gasteiger partial charge on any atom is 0.469 e. The number of hydroxylamine groups is 1. The molecule has 7 nitrogen and oxygen atoms in total. The van der Waals surface area contributed by atoms with Crippen LogP contribution in [0.15, 0.2) is 0 Å². The Labute approximate surface area is 189 Å². The van der Waals surface area contributed by atoms with Crippen molar-refractivity contribution in [1.82, 2.24) is 5.48 Å². The highest BCUT2D eigenvalue weighted by molar-refractivity contribution is 7.46. The number of amides is 1. The van der Waals surface area contributed by atoms with Gasteiger partial charge in [-0.3, -0.25) is 14.5 Å². The normalized spacial score (nSPS) is 11.7. The van der Waals surface area contributed by atoms with Gasteiger partial charge in [-0.2, -0.15) is 0 Å². The number of nitrogens with one attached hydrogen (secondary N) is 1. The lowest BCUT2D eigenvalue weighted by Gasteiger charge is -2.05. The highest BCUT2D eigenvalue weighted by Crippen LogP contribution is 2.35. The third-order valence-corrected chi connectivity index (χ3v) is 6.20. The third-order valence-electron chi connectivity index (χ3n) is 5.68. The number of phosphoric ester groups is 1. The highest BCUT2D eigenvalue weighted by atomic mass is 31.2. The van der Waals surface area contributed by atoms with Crippen LogP contribution in [0.25, 0.3) is 0 Å². The molecule has 0 bridgehead atoms. The molecule has 0 aromatic rings. The second kappa shape index (κ2) is 22.7. The number of carbonyl (C=O) groups excluding carboxylic acids is 1. The van der Waals surface area contributed by atoms with Crippen molar-refractivity contribution < 1.29 is 28.9 Å². The zero-order valence-corrected chi connectivity index (χ0v) is 20.5. The van der Waals surface area contributed by atoms with Crippen LogP contribution in [-0.4, -0.2) is 27.5 Å². The fraction of sp³-hybridized carbons (Fsp3) is 0.957. The second-order valence-electron chi connectivity index (χ2n) is 8.68. The molecular weight excluding hydrogens is 417 g/mol. The summed E-state index contributed by atoms with van der Waals surface area (Å²) in [6.07, 6.45) is 24.8. The Morgan fingerprint density at radius 1 is 0.581 bits per heavy atom. The van der Waals surface area contributed by atoms with E-state index in [9.17, 15) is 9.36 Å². The first kappa shape index (κ1) is 30.5. The van der Waals surface area contributed by atoms with Crippen molar-refractivity contribution in [2.45, 2.75) is 135 Å². The molecule has 0 unspecified atom stereocenters. The average Bonchev–Trinajstić information content (AvgIpc) is 2.73. The van der Waals surface area contributed by atoms with Gasteiger partial charge >= 0.3 is 7.82 Å². The van der Waals surface area contributed by atoms with E-state index in [-0.39, 0.29) is 12.5 Å². The first-order chi connectivity index (χ1) is 15.0. The third kappa shape index (κ3) is 27.5. The summed E-state index contributed by atoms with van der Waals surface area (Å²) >= 11 is 0. The zero-order chi connectivity index (χ0) is 23.0. The molecule has 31 heavy (non-hydrogen) atoms. The minimum atomic E-state index is -4.28. The number of phosphoric acid groups is 1. The van der Waals surface area contributed by atoms with Crippen LogP contribution in [0.5, 0.6) is 0 Å². The monoisotopic (exact) mass is 465 g/mol. The molecule has 0 rings (SSSR count). The Kier molecular flexibility index (Phi) is 22.4. The summed E-state index contributed by atoms with van der Waals surface area (Å²) in [6.45, 7) is 0.152. The fourth-order valence-electron chi connectivity index (χ4n) is 3.81. The van der Waals surface area contributed by atoms with E-state index in [0.29, 0.717) is 6.42 Å². The van der Waals surface area contributed by atoms with Crippen molar-refractivity contribution >= 4 is 13.7 Å². The Bertz CT molecular complexity index is 444. The summed E-state index contributed by atoms with van der Waals surface area (Å²) in [5.74, 6) is -0.279. The second-order valence-corrected chi connectivity index (χ2v) is 9.92. The molecule has 0 saturated carbocycles. The molecule has 0 aliphatic heterocycles. The van der Waals surface area contributed by atoms with Crippen molar-refractivity contribution in [2.75, 3.05) is 6.61 Å². The predicted octanol–water partition coefficient (Wildman–Crippen LogP) is 6.79. The van der Waals surface area contributed by atoms with Gasteiger partial charge < -0.3 is 9.79 Å². The fourth-order valence-corrected chi connectivity index (χ4v) is 4.18. The number of hydrogen-bond acceptors (Lipinski definition) is 4. The van der Waals surface area contributed by atoms with E-state index >= 15 is 0 Å². The van der Waals surface area contributed by atoms with E-state index in [2.05, 4.69) is 4.52 Å². The summed E-state index contributed by atoms with van der Waals surface area (Å²) in [5.41, 5.74) is 1.67. The van der Waals surface area contributed by atoms with Crippen LogP contribution in [0, 0.1) is 0 Å². The number of carbonyl (C=O) groups is 1. The Balaban J connectivity index is 3.06. The lowest BCUT2D eigenvalue weighted by atomic mass is 10.0. The quantitative estimate of drug-likeness (QED) is 0.0539. The topological polar surface area (TPSA) is 116 Å². The summed E-state index contributed by atoms with van der Waals surface area (Å²) in [7, 11) is -4.28. The van der Waals surface area contributed by atoms with Gasteiger partial charge in [-0.05, 0) is 12.8 Å². The van der Waals surface area contributed by atoms with Gasteiger partial charge in [-0.1, -0.05) is 116 Å². The van der Waals surface area contributed by atoms with Gasteiger partial charge in [0.25, 0.3) is 0 Å². The molecule has 0 aromatic carbocycles. The molecule has 1 amide bonds. The van der Waals surface area contributed by atoms with E-state index in [1.54, 1.807) is 5.48 Å². The van der Waals surface area contributed by atoms with E-state index < -0.39 is 7.82 Å². The van der Waals surface area contributed by atoms with Crippen LogP contribution in [0.1, 0.15) is 135 Å². The molecule has 4 N–H and O–H groups in total. The smallest absolute Gasteiger partial charge is 0.303 e. The minimum Gasteiger partial charge on any atom is -0.303 e. The Morgan fingerprint density at radius 2 is 0.871 bits per heavy atom. The lowest BCUT2D eigenvalue weighted by Crippen LogP contribution is -2.17. The number of unbranched alkanes of at least 4 members (excludes halogenated alkanes) is 19. The zero-order valence-electron chi connectivity index (χ0n) is 19.6. The van der Waals surface area contributed by atoms with Gasteiger partial charge in [0.05, 0.1) is 6.61 Å². The molecule has 0 fully saturated rings. The summed E-state index contributed by atoms with van der Waals surface area (Å²) < 4.78 is 14.9. The van der Waals surface area contributed by atoms with Crippen molar-refractivity contribution in [2.24, 2.45) is 0 Å². The van der Waals surface area contributed by atoms with E-state index in [4.69, 9.17) is 15.0 Å². The largest absolute Gasteiger partial charge is 0.469 e. The van der Waals surface area contributed by atoms with Gasteiger partial charge in [-0.25, -0.2) is 10.0 Å². The molecule has 0 spiro atoms. The van der Waals surface area contributed by atoms with Crippen LogP contribution >= 0.6 is 7.82 Å². The number of hydrogen-bond donors (Lipinski definition) is 4. The predicted molar refractivity (Wildman–Crippen MR) is 125 cm³/mol. The molecule has 8 heteroatoms. The molecular formula is C23H48NO6P. The first-order valence-corrected chi connectivity index (χ1v) is 14.1. The van der Waals surface area contributed by atoms with Crippen molar-refractivity contribution in [3.05, 3.63) is 0 Å². The lowest BCUT2D eigenvalue weighted by molar-refractivity contribution is -0.129. The molecule has 0 aliphatic carbocycles. The molecule has 0 radical (unpaired) electrons. The molecule has 0 aliphatic rings. The van der Waals surface area contributed by atoms with Crippen LogP contribution < -0.4 is 5.48 Å². The minimum absolute atomic E-state index is 0.152. The Morgan fingerprint density at radius 3 is 1.16 bits per heavy atom. The summed E-state index contributed by atoms with van der Waals surface area (Å²) in [4.78, 5) is 28.0. The van der Waals surface area contributed by atoms with Crippen LogP contribution in [0.4, 0.5) is 0 Å². The van der Waals surface area contributed by atoms with Gasteiger partial charge in [0.1, 0.15) is 0 Å². The van der Waals surface area contributed by atoms with Crippen molar-refractivity contribution in [3.8, 4) is 0 Å². The van der Waals surface area contributed by atoms with E-state index in [0.717, 1.165) is 32.1 Å². The maximum atomic E-state index is 10.9. The molecule has 186 valence electrons. The van der Waals surface area contributed by atoms with Gasteiger partial charge in [-0.15, -0.1) is 0 Å². The highest BCUT2D eigenvalue weighted by Gasteiger charge is 2.12. The molecule has 0 heterocycles. The van der Waals surface area contributed by atoms with E-state index in [1.807, 2.05) is 0 Å². The van der Waals surface area contributed by atoms with E-state index in [1.165, 1.54) is 96.3 Å². The number of rotatable bonds is 24. The van der Waals surface area contributed by atoms with Crippen LogP contribution in [0.2, 0.25) is 0 Å².